The normalized spacial score (nSPS) is 14.9. The third-order valence-corrected chi connectivity index (χ3v) is 4.24. The monoisotopic (exact) mass is 313 g/mol. The molecule has 5 heteroatoms. The van der Waals surface area contributed by atoms with E-state index in [0.717, 1.165) is 54.3 Å². The molecule has 1 N–H and O–H groups in total. The highest BCUT2D eigenvalue weighted by molar-refractivity contribution is 5.93. The molecule has 0 saturated carbocycles. The highest BCUT2D eigenvalue weighted by atomic mass is 16.5. The molecule has 1 amide bonds. The zero-order chi connectivity index (χ0) is 16.4. The predicted octanol–water partition coefficient (Wildman–Crippen LogP) is 3.24. The van der Waals surface area contributed by atoms with E-state index in [0.29, 0.717) is 0 Å². The highest BCUT2D eigenvalue weighted by Crippen LogP contribution is 2.22. The molecule has 2 heterocycles. The number of benzene rings is 1. The summed E-state index contributed by atoms with van der Waals surface area (Å²) in [7, 11) is 0. The molecule has 0 spiro atoms. The summed E-state index contributed by atoms with van der Waals surface area (Å²) in [6, 6.07) is 5.99. The molecular weight excluding hydrogens is 290 g/mol. The number of carbonyl (C=O) groups is 1. The molecule has 1 unspecified atom stereocenters. The third-order valence-electron chi connectivity index (χ3n) is 4.24. The Morgan fingerprint density at radius 2 is 2.17 bits per heavy atom. The summed E-state index contributed by atoms with van der Waals surface area (Å²) in [5.41, 5.74) is 2.14. The van der Waals surface area contributed by atoms with Gasteiger partial charge in [0.05, 0.1) is 6.20 Å². The molecule has 0 fully saturated rings. The van der Waals surface area contributed by atoms with Crippen LogP contribution >= 0.6 is 0 Å². The van der Waals surface area contributed by atoms with Gasteiger partial charge in [0.25, 0.3) is 5.91 Å². The minimum Gasteiger partial charge on any atom is -0.481 e. The standard InChI is InChI=1S/C18H23N3O2/c1-12-7-8-13(2)15(10-12)23-14(3)18(22)20-17-11-19-16-6-4-5-9-21(16)17/h7-8,10-11,14H,4-6,9H2,1-3H3,(H,20,22). The fraction of sp³-hybridized carbons (Fsp3) is 0.444. The molecule has 0 bridgehead atoms. The van der Waals surface area contributed by atoms with Gasteiger partial charge in [0, 0.05) is 13.0 Å². The van der Waals surface area contributed by atoms with Gasteiger partial charge in [-0.2, -0.15) is 0 Å². The number of anilines is 1. The van der Waals surface area contributed by atoms with Crippen molar-refractivity contribution in [3.8, 4) is 5.75 Å². The summed E-state index contributed by atoms with van der Waals surface area (Å²) in [6.07, 6.45) is 4.44. The quantitative estimate of drug-likeness (QED) is 0.942. The summed E-state index contributed by atoms with van der Waals surface area (Å²) < 4.78 is 7.93. The molecule has 2 aromatic rings. The largest absolute Gasteiger partial charge is 0.481 e. The van der Waals surface area contributed by atoms with Gasteiger partial charge in [0.1, 0.15) is 17.4 Å². The minimum absolute atomic E-state index is 0.154. The fourth-order valence-corrected chi connectivity index (χ4v) is 2.82. The highest BCUT2D eigenvalue weighted by Gasteiger charge is 2.20. The first kappa shape index (κ1) is 15.6. The molecular formula is C18H23N3O2. The summed E-state index contributed by atoms with van der Waals surface area (Å²) in [5.74, 6) is 2.41. The van der Waals surface area contributed by atoms with Crippen molar-refractivity contribution in [3.63, 3.8) is 0 Å². The van der Waals surface area contributed by atoms with Crippen LogP contribution in [0, 0.1) is 13.8 Å². The van der Waals surface area contributed by atoms with E-state index in [1.54, 1.807) is 13.1 Å². The molecule has 23 heavy (non-hydrogen) atoms. The molecule has 1 aromatic heterocycles. The van der Waals surface area contributed by atoms with Crippen LogP contribution in [-0.4, -0.2) is 21.6 Å². The Kier molecular flexibility index (Phi) is 4.37. The topological polar surface area (TPSA) is 56.1 Å². The molecule has 1 aromatic carbocycles. The van der Waals surface area contributed by atoms with Crippen LogP contribution in [0.4, 0.5) is 5.82 Å². The number of hydrogen-bond donors (Lipinski definition) is 1. The maximum absolute atomic E-state index is 12.4. The van der Waals surface area contributed by atoms with Gasteiger partial charge in [0.15, 0.2) is 6.10 Å². The summed E-state index contributed by atoms with van der Waals surface area (Å²) in [6.45, 7) is 6.67. The van der Waals surface area contributed by atoms with Crippen LogP contribution in [0.25, 0.3) is 0 Å². The lowest BCUT2D eigenvalue weighted by atomic mass is 10.1. The number of nitrogens with zero attached hydrogens (tertiary/aromatic N) is 2. The first-order valence-electron chi connectivity index (χ1n) is 8.14. The minimum atomic E-state index is -0.565. The van der Waals surface area contributed by atoms with Crippen molar-refractivity contribution in [1.29, 1.82) is 0 Å². The second kappa shape index (κ2) is 6.44. The maximum atomic E-state index is 12.4. The SMILES string of the molecule is Cc1ccc(C)c(OC(C)C(=O)Nc2cnc3n2CCCC3)c1. The number of hydrogen-bond acceptors (Lipinski definition) is 3. The zero-order valence-electron chi connectivity index (χ0n) is 13.9. The van der Waals surface area contributed by atoms with Gasteiger partial charge >= 0.3 is 0 Å². The fourth-order valence-electron chi connectivity index (χ4n) is 2.82. The lowest BCUT2D eigenvalue weighted by molar-refractivity contribution is -0.122. The van der Waals surface area contributed by atoms with Gasteiger partial charge in [-0.15, -0.1) is 0 Å². The lowest BCUT2D eigenvalue weighted by Gasteiger charge is -2.19. The van der Waals surface area contributed by atoms with Crippen molar-refractivity contribution in [1.82, 2.24) is 9.55 Å². The van der Waals surface area contributed by atoms with E-state index in [1.165, 1.54) is 0 Å². The molecule has 1 aliphatic heterocycles. The van der Waals surface area contributed by atoms with Crippen molar-refractivity contribution < 1.29 is 9.53 Å². The van der Waals surface area contributed by atoms with Gasteiger partial charge in [-0.05, 0) is 50.8 Å². The number of aryl methyl sites for hydroxylation is 3. The molecule has 0 radical (unpaired) electrons. The zero-order valence-corrected chi connectivity index (χ0v) is 13.9. The molecule has 122 valence electrons. The number of ether oxygens (including phenoxy) is 1. The first-order chi connectivity index (χ1) is 11.0. The number of aromatic nitrogens is 2. The van der Waals surface area contributed by atoms with E-state index in [4.69, 9.17) is 4.74 Å². The first-order valence-corrected chi connectivity index (χ1v) is 8.14. The number of rotatable bonds is 4. The van der Waals surface area contributed by atoms with Gasteiger partial charge < -0.3 is 14.6 Å². The van der Waals surface area contributed by atoms with Crippen molar-refractivity contribution in [2.24, 2.45) is 0 Å². The number of amides is 1. The smallest absolute Gasteiger partial charge is 0.266 e. The van der Waals surface area contributed by atoms with Gasteiger partial charge in [-0.25, -0.2) is 4.98 Å². The molecule has 0 saturated heterocycles. The Labute approximate surface area is 136 Å². The predicted molar refractivity (Wildman–Crippen MR) is 89.8 cm³/mol. The summed E-state index contributed by atoms with van der Waals surface area (Å²) in [4.78, 5) is 16.8. The number of nitrogens with one attached hydrogen (secondary N) is 1. The lowest BCUT2D eigenvalue weighted by Crippen LogP contribution is -2.31. The van der Waals surface area contributed by atoms with Gasteiger partial charge in [0.2, 0.25) is 0 Å². The summed E-state index contributed by atoms with van der Waals surface area (Å²) >= 11 is 0. The Balaban J connectivity index is 1.68. The van der Waals surface area contributed by atoms with Gasteiger partial charge in [-0.1, -0.05) is 12.1 Å². The van der Waals surface area contributed by atoms with Crippen LogP contribution in [0.3, 0.4) is 0 Å². The number of fused-ring (bicyclic) bond motifs is 1. The van der Waals surface area contributed by atoms with E-state index >= 15 is 0 Å². The van der Waals surface area contributed by atoms with Crippen molar-refractivity contribution in [2.75, 3.05) is 5.32 Å². The van der Waals surface area contributed by atoms with Crippen molar-refractivity contribution >= 4 is 11.7 Å². The molecule has 3 rings (SSSR count). The maximum Gasteiger partial charge on any atom is 0.266 e. The van der Waals surface area contributed by atoms with Crippen LogP contribution in [0.15, 0.2) is 24.4 Å². The molecule has 1 atom stereocenters. The Hall–Kier alpha value is -2.30. The Morgan fingerprint density at radius 1 is 1.35 bits per heavy atom. The second-order valence-corrected chi connectivity index (χ2v) is 6.19. The number of imidazole rings is 1. The van der Waals surface area contributed by atoms with Crippen LogP contribution in [-0.2, 0) is 17.8 Å². The Morgan fingerprint density at radius 3 is 3.00 bits per heavy atom. The van der Waals surface area contributed by atoms with Crippen LogP contribution < -0.4 is 10.1 Å². The van der Waals surface area contributed by atoms with E-state index in [-0.39, 0.29) is 5.91 Å². The average Bonchev–Trinajstić information content (AvgIpc) is 2.94. The van der Waals surface area contributed by atoms with Crippen molar-refractivity contribution in [3.05, 3.63) is 41.3 Å². The van der Waals surface area contributed by atoms with E-state index < -0.39 is 6.10 Å². The van der Waals surface area contributed by atoms with Crippen LogP contribution in [0.1, 0.15) is 36.7 Å². The molecule has 5 nitrogen and oxygen atoms in total. The molecule has 0 aliphatic carbocycles. The Bertz CT molecular complexity index is 721. The van der Waals surface area contributed by atoms with Crippen molar-refractivity contribution in [2.45, 2.75) is 52.7 Å². The second-order valence-electron chi connectivity index (χ2n) is 6.19. The molecule has 1 aliphatic rings. The third kappa shape index (κ3) is 3.38. The van der Waals surface area contributed by atoms with E-state index in [9.17, 15) is 4.79 Å². The van der Waals surface area contributed by atoms with Gasteiger partial charge in [-0.3, -0.25) is 4.79 Å². The number of carbonyl (C=O) groups excluding carboxylic acids is 1. The van der Waals surface area contributed by atoms with E-state index in [1.807, 2.05) is 32.0 Å². The average molecular weight is 313 g/mol. The van der Waals surface area contributed by atoms with Crippen LogP contribution in [0.2, 0.25) is 0 Å². The summed E-state index contributed by atoms with van der Waals surface area (Å²) in [5, 5.41) is 2.94. The van der Waals surface area contributed by atoms with E-state index in [2.05, 4.69) is 14.9 Å². The van der Waals surface area contributed by atoms with Crippen LogP contribution in [0.5, 0.6) is 5.75 Å².